The summed E-state index contributed by atoms with van der Waals surface area (Å²) in [5, 5.41) is 13.9. The molecule has 1 aromatic carbocycles. The van der Waals surface area contributed by atoms with Gasteiger partial charge in [-0.25, -0.2) is 0 Å². The van der Waals surface area contributed by atoms with Gasteiger partial charge >= 0.3 is 0 Å². The average Bonchev–Trinajstić information content (AvgIpc) is 2.27. The lowest BCUT2D eigenvalue weighted by Gasteiger charge is -2.15. The van der Waals surface area contributed by atoms with Gasteiger partial charge < -0.3 is 15.2 Å². The second-order valence-electron chi connectivity index (χ2n) is 4.04. The van der Waals surface area contributed by atoms with Crippen LogP contribution in [0.5, 0.6) is 0 Å². The summed E-state index contributed by atoms with van der Waals surface area (Å²) in [5.74, 6) is 0. The van der Waals surface area contributed by atoms with Gasteiger partial charge in [-0.3, -0.25) is 0 Å². The maximum absolute atomic E-state index is 9.66. The van der Waals surface area contributed by atoms with Gasteiger partial charge in [0.2, 0.25) is 0 Å². The summed E-state index contributed by atoms with van der Waals surface area (Å²) in [6.45, 7) is 4.51. The molecule has 0 spiro atoms. The Kier molecular flexibility index (Phi) is 6.06. The summed E-state index contributed by atoms with van der Waals surface area (Å²) in [7, 11) is 0. The van der Waals surface area contributed by atoms with E-state index in [1.54, 1.807) is 18.2 Å². The fraction of sp³-hybridized carbons (Fsp3) is 0.500. The van der Waals surface area contributed by atoms with Crippen LogP contribution in [0.2, 0.25) is 10.0 Å². The van der Waals surface area contributed by atoms with Crippen LogP contribution >= 0.6 is 23.2 Å². The molecule has 0 aliphatic carbocycles. The minimum atomic E-state index is -0.576. The highest BCUT2D eigenvalue weighted by molar-refractivity contribution is 6.35. The van der Waals surface area contributed by atoms with Crippen LogP contribution in [0.25, 0.3) is 0 Å². The molecule has 0 radical (unpaired) electrons. The van der Waals surface area contributed by atoms with Crippen molar-refractivity contribution in [1.82, 2.24) is 0 Å². The van der Waals surface area contributed by atoms with Crippen LogP contribution in [-0.2, 0) is 4.74 Å². The summed E-state index contributed by atoms with van der Waals surface area (Å²) in [6, 6.07) is 5.15. The van der Waals surface area contributed by atoms with Crippen LogP contribution in [0.3, 0.4) is 0 Å². The van der Waals surface area contributed by atoms with Crippen molar-refractivity contribution in [3.63, 3.8) is 0 Å². The van der Waals surface area contributed by atoms with Gasteiger partial charge in [0.25, 0.3) is 0 Å². The minimum Gasteiger partial charge on any atom is -0.389 e. The molecular formula is C12H17Cl2NO2. The molecule has 5 heteroatoms. The van der Waals surface area contributed by atoms with Crippen molar-refractivity contribution in [3.8, 4) is 0 Å². The van der Waals surface area contributed by atoms with E-state index in [-0.39, 0.29) is 6.10 Å². The summed E-state index contributed by atoms with van der Waals surface area (Å²) in [5.41, 5.74) is 0.711. The first kappa shape index (κ1) is 14.6. The number of ether oxygens (including phenoxy) is 1. The Morgan fingerprint density at radius 1 is 1.35 bits per heavy atom. The Bertz CT molecular complexity index is 358. The fourth-order valence-corrected chi connectivity index (χ4v) is 1.58. The highest BCUT2D eigenvalue weighted by Gasteiger charge is 2.07. The number of nitrogens with one attached hydrogen (secondary N) is 1. The van der Waals surface area contributed by atoms with Crippen LogP contribution in [0.1, 0.15) is 13.8 Å². The molecule has 2 N–H and O–H groups in total. The van der Waals surface area contributed by atoms with Crippen molar-refractivity contribution in [1.29, 1.82) is 0 Å². The number of halogens is 2. The van der Waals surface area contributed by atoms with E-state index in [1.807, 2.05) is 13.8 Å². The van der Waals surface area contributed by atoms with Gasteiger partial charge in [-0.15, -0.1) is 0 Å². The third kappa shape index (κ3) is 5.59. The van der Waals surface area contributed by atoms with Crippen LogP contribution < -0.4 is 5.32 Å². The predicted octanol–water partition coefficient (Wildman–Crippen LogP) is 3.19. The van der Waals surface area contributed by atoms with E-state index in [9.17, 15) is 5.11 Å². The van der Waals surface area contributed by atoms with Gasteiger partial charge in [-0.05, 0) is 32.0 Å². The lowest BCUT2D eigenvalue weighted by Crippen LogP contribution is -2.26. The molecule has 1 atom stereocenters. The van der Waals surface area contributed by atoms with Crippen LogP contribution in [-0.4, -0.2) is 30.5 Å². The maximum atomic E-state index is 9.66. The number of rotatable bonds is 6. The maximum Gasteiger partial charge on any atom is 0.0945 e. The first-order valence-electron chi connectivity index (χ1n) is 5.47. The molecule has 0 saturated carbocycles. The minimum absolute atomic E-state index is 0.111. The van der Waals surface area contributed by atoms with Crippen molar-refractivity contribution in [2.75, 3.05) is 18.5 Å². The number of benzene rings is 1. The molecule has 0 amide bonds. The van der Waals surface area contributed by atoms with Crippen LogP contribution in [0.4, 0.5) is 5.69 Å². The van der Waals surface area contributed by atoms with Crippen molar-refractivity contribution >= 4 is 28.9 Å². The van der Waals surface area contributed by atoms with Crippen LogP contribution in [0.15, 0.2) is 18.2 Å². The SMILES string of the molecule is CC(C)OCC(O)CNc1cc(Cl)ccc1Cl. The van der Waals surface area contributed by atoms with Gasteiger partial charge in [0, 0.05) is 11.6 Å². The highest BCUT2D eigenvalue weighted by atomic mass is 35.5. The smallest absolute Gasteiger partial charge is 0.0945 e. The molecule has 0 aliphatic rings. The molecule has 0 aromatic heterocycles. The average molecular weight is 278 g/mol. The zero-order valence-electron chi connectivity index (χ0n) is 9.91. The zero-order chi connectivity index (χ0) is 12.8. The molecule has 96 valence electrons. The summed E-state index contributed by atoms with van der Waals surface area (Å²) in [6.07, 6.45) is -0.466. The first-order chi connectivity index (χ1) is 7.99. The van der Waals surface area contributed by atoms with Gasteiger partial charge in [0.05, 0.1) is 29.5 Å². The Balaban J connectivity index is 2.41. The molecule has 1 unspecified atom stereocenters. The third-order valence-corrected chi connectivity index (χ3v) is 2.64. The highest BCUT2D eigenvalue weighted by Crippen LogP contribution is 2.25. The quantitative estimate of drug-likeness (QED) is 0.839. The van der Waals surface area contributed by atoms with E-state index >= 15 is 0 Å². The normalized spacial score (nSPS) is 12.8. The second-order valence-corrected chi connectivity index (χ2v) is 4.88. The molecule has 0 saturated heterocycles. The number of aliphatic hydroxyl groups excluding tert-OH is 1. The van der Waals surface area contributed by atoms with E-state index in [2.05, 4.69) is 5.32 Å². The van der Waals surface area contributed by atoms with E-state index < -0.39 is 6.10 Å². The third-order valence-electron chi connectivity index (χ3n) is 2.08. The number of hydrogen-bond acceptors (Lipinski definition) is 3. The number of aliphatic hydroxyl groups is 1. The van der Waals surface area contributed by atoms with Gasteiger partial charge in [-0.2, -0.15) is 0 Å². The monoisotopic (exact) mass is 277 g/mol. The topological polar surface area (TPSA) is 41.5 Å². The summed E-state index contributed by atoms with van der Waals surface area (Å²) < 4.78 is 5.30. The molecule has 0 fully saturated rings. The fourth-order valence-electron chi connectivity index (χ4n) is 1.22. The van der Waals surface area contributed by atoms with E-state index in [0.717, 1.165) is 0 Å². The van der Waals surface area contributed by atoms with Gasteiger partial charge in [-0.1, -0.05) is 23.2 Å². The summed E-state index contributed by atoms with van der Waals surface area (Å²) in [4.78, 5) is 0. The van der Waals surface area contributed by atoms with Gasteiger partial charge in [0.15, 0.2) is 0 Å². The van der Waals surface area contributed by atoms with Crippen molar-refractivity contribution in [2.45, 2.75) is 26.1 Å². The molecule has 3 nitrogen and oxygen atoms in total. The molecule has 1 rings (SSSR count). The van der Waals surface area contributed by atoms with Crippen molar-refractivity contribution in [2.24, 2.45) is 0 Å². The molecule has 1 aromatic rings. The largest absolute Gasteiger partial charge is 0.389 e. The van der Waals surface area contributed by atoms with Crippen molar-refractivity contribution < 1.29 is 9.84 Å². The molecule has 0 bridgehead atoms. The molecule has 17 heavy (non-hydrogen) atoms. The Morgan fingerprint density at radius 2 is 2.06 bits per heavy atom. The van der Waals surface area contributed by atoms with E-state index in [0.29, 0.717) is 28.9 Å². The molecule has 0 aliphatic heterocycles. The number of hydrogen-bond donors (Lipinski definition) is 2. The number of anilines is 1. The van der Waals surface area contributed by atoms with E-state index in [4.69, 9.17) is 27.9 Å². The lowest BCUT2D eigenvalue weighted by molar-refractivity contribution is 0.0112. The Labute approximate surface area is 112 Å². The first-order valence-corrected chi connectivity index (χ1v) is 6.23. The summed E-state index contributed by atoms with van der Waals surface area (Å²) >= 11 is 11.8. The van der Waals surface area contributed by atoms with Crippen molar-refractivity contribution in [3.05, 3.63) is 28.2 Å². The molecular weight excluding hydrogens is 261 g/mol. The molecule has 0 heterocycles. The Morgan fingerprint density at radius 3 is 2.71 bits per heavy atom. The van der Waals surface area contributed by atoms with E-state index in [1.165, 1.54) is 0 Å². The van der Waals surface area contributed by atoms with Gasteiger partial charge in [0.1, 0.15) is 0 Å². The lowest BCUT2D eigenvalue weighted by atomic mass is 10.3. The van der Waals surface area contributed by atoms with Crippen LogP contribution in [0, 0.1) is 0 Å². The zero-order valence-corrected chi connectivity index (χ0v) is 11.4. The predicted molar refractivity (Wildman–Crippen MR) is 72.0 cm³/mol. The Hall–Kier alpha value is -0.480. The second kappa shape index (κ2) is 7.07. The standard InChI is InChI=1S/C12H17Cl2NO2/c1-8(2)17-7-10(16)6-15-12-5-9(13)3-4-11(12)14/h3-5,8,10,15-16H,6-7H2,1-2H3.